The smallest absolute Gasteiger partial charge is 0.324 e. The summed E-state index contributed by atoms with van der Waals surface area (Å²) in [7, 11) is 0. The fourth-order valence-electron chi connectivity index (χ4n) is 3.12. The molecule has 0 unspecified atom stereocenters. The predicted molar refractivity (Wildman–Crippen MR) is 106 cm³/mol. The second kappa shape index (κ2) is 8.10. The molecule has 27 heavy (non-hydrogen) atoms. The van der Waals surface area contributed by atoms with Crippen LogP contribution in [0.15, 0.2) is 46.3 Å². The van der Waals surface area contributed by atoms with Crippen molar-refractivity contribution in [1.29, 1.82) is 0 Å². The maximum absolute atomic E-state index is 12.4. The third kappa shape index (κ3) is 4.31. The molecule has 3 aromatic rings. The van der Waals surface area contributed by atoms with Crippen LogP contribution in [0, 0.1) is 5.92 Å². The summed E-state index contributed by atoms with van der Waals surface area (Å²) in [5.41, 5.74) is 0.859. The number of amides is 1. The van der Waals surface area contributed by atoms with Gasteiger partial charge in [-0.1, -0.05) is 22.8 Å². The Bertz CT molecular complexity index is 887. The molecule has 1 aliphatic heterocycles. The number of aromatic nitrogens is 2. The Labute approximate surface area is 166 Å². The van der Waals surface area contributed by atoms with Crippen molar-refractivity contribution in [2.45, 2.75) is 19.4 Å². The quantitative estimate of drug-likeness (QED) is 0.698. The minimum Gasteiger partial charge on any atom is -0.351 e. The number of halogens is 1. The Kier molecular flexibility index (Phi) is 5.40. The SMILES string of the molecule is O=C(NCc1cccs1)C1CCN(c2nc(-c3ccc(Cl)cc3)no2)CC1. The number of piperidine rings is 1. The van der Waals surface area contributed by atoms with Gasteiger partial charge >= 0.3 is 6.01 Å². The molecular weight excluding hydrogens is 384 g/mol. The van der Waals surface area contributed by atoms with E-state index in [1.165, 1.54) is 4.88 Å². The fourth-order valence-corrected chi connectivity index (χ4v) is 3.90. The minimum atomic E-state index is 0.0277. The van der Waals surface area contributed by atoms with Gasteiger partial charge in [-0.3, -0.25) is 4.79 Å². The molecular formula is C19H19ClN4O2S. The average Bonchev–Trinajstić information content (AvgIpc) is 3.39. The van der Waals surface area contributed by atoms with Gasteiger partial charge in [0, 0.05) is 34.5 Å². The van der Waals surface area contributed by atoms with Gasteiger partial charge in [0.15, 0.2) is 0 Å². The van der Waals surface area contributed by atoms with Crippen LogP contribution < -0.4 is 10.2 Å². The summed E-state index contributed by atoms with van der Waals surface area (Å²) in [5, 5.41) is 9.77. The summed E-state index contributed by atoms with van der Waals surface area (Å²) in [6, 6.07) is 11.8. The number of anilines is 1. The second-order valence-corrected chi connectivity index (χ2v) is 7.93. The van der Waals surface area contributed by atoms with E-state index in [-0.39, 0.29) is 11.8 Å². The fraction of sp³-hybridized carbons (Fsp3) is 0.316. The molecule has 0 saturated carbocycles. The van der Waals surface area contributed by atoms with E-state index < -0.39 is 0 Å². The first-order valence-corrected chi connectivity index (χ1v) is 10.1. The number of hydrogen-bond donors (Lipinski definition) is 1. The van der Waals surface area contributed by atoms with Crippen LogP contribution in [-0.2, 0) is 11.3 Å². The monoisotopic (exact) mass is 402 g/mol. The molecule has 1 fully saturated rings. The summed E-state index contributed by atoms with van der Waals surface area (Å²) >= 11 is 7.56. The number of rotatable bonds is 5. The molecule has 0 bridgehead atoms. The van der Waals surface area contributed by atoms with Crippen molar-refractivity contribution >= 4 is 34.9 Å². The van der Waals surface area contributed by atoms with Crippen molar-refractivity contribution in [3.8, 4) is 11.4 Å². The van der Waals surface area contributed by atoms with Crippen molar-refractivity contribution in [2.24, 2.45) is 5.92 Å². The van der Waals surface area contributed by atoms with Crippen molar-refractivity contribution in [2.75, 3.05) is 18.0 Å². The summed E-state index contributed by atoms with van der Waals surface area (Å²) in [6.45, 7) is 2.05. The van der Waals surface area contributed by atoms with Gasteiger partial charge in [-0.2, -0.15) is 4.98 Å². The van der Waals surface area contributed by atoms with Crippen LogP contribution >= 0.6 is 22.9 Å². The molecule has 1 aromatic carbocycles. The number of carbonyl (C=O) groups is 1. The third-order valence-corrected chi connectivity index (χ3v) is 5.80. The van der Waals surface area contributed by atoms with Gasteiger partial charge in [0.05, 0.1) is 6.54 Å². The highest BCUT2D eigenvalue weighted by atomic mass is 35.5. The molecule has 2 aromatic heterocycles. The van der Waals surface area contributed by atoms with Gasteiger partial charge in [0.2, 0.25) is 11.7 Å². The van der Waals surface area contributed by atoms with Gasteiger partial charge < -0.3 is 14.7 Å². The highest BCUT2D eigenvalue weighted by Gasteiger charge is 2.27. The molecule has 0 aliphatic carbocycles. The standard InChI is InChI=1S/C19H19ClN4O2S/c20-15-5-3-13(4-6-15)17-22-19(26-23-17)24-9-7-14(8-10-24)18(25)21-12-16-2-1-11-27-16/h1-6,11,14H,7-10,12H2,(H,21,25). The van der Waals surface area contributed by atoms with E-state index in [0.717, 1.165) is 31.5 Å². The highest BCUT2D eigenvalue weighted by molar-refractivity contribution is 7.09. The molecule has 1 saturated heterocycles. The van der Waals surface area contributed by atoms with Crippen LogP contribution in [0.2, 0.25) is 5.02 Å². The Morgan fingerprint density at radius 1 is 1.26 bits per heavy atom. The molecule has 4 rings (SSSR count). The summed E-state index contributed by atoms with van der Waals surface area (Å²) < 4.78 is 5.41. The molecule has 3 heterocycles. The molecule has 1 amide bonds. The van der Waals surface area contributed by atoms with Crippen LogP contribution in [0.3, 0.4) is 0 Å². The molecule has 6 nitrogen and oxygen atoms in total. The maximum Gasteiger partial charge on any atom is 0.324 e. The molecule has 8 heteroatoms. The van der Waals surface area contributed by atoms with Crippen molar-refractivity contribution in [1.82, 2.24) is 15.5 Å². The van der Waals surface area contributed by atoms with Crippen LogP contribution in [-0.4, -0.2) is 29.1 Å². The third-order valence-electron chi connectivity index (χ3n) is 4.67. The van der Waals surface area contributed by atoms with Gasteiger partial charge in [-0.25, -0.2) is 0 Å². The van der Waals surface area contributed by atoms with Gasteiger partial charge in [0.1, 0.15) is 0 Å². The van der Waals surface area contributed by atoms with Gasteiger partial charge in [-0.15, -0.1) is 11.3 Å². The zero-order valence-corrected chi connectivity index (χ0v) is 16.2. The lowest BCUT2D eigenvalue weighted by Gasteiger charge is -2.29. The van der Waals surface area contributed by atoms with Crippen LogP contribution in [0.1, 0.15) is 17.7 Å². The molecule has 1 aliphatic rings. The summed E-state index contributed by atoms with van der Waals surface area (Å²) in [5.74, 6) is 0.688. The second-order valence-electron chi connectivity index (χ2n) is 6.47. The highest BCUT2D eigenvalue weighted by Crippen LogP contribution is 2.25. The normalized spacial score (nSPS) is 15.1. The topological polar surface area (TPSA) is 71.3 Å². The van der Waals surface area contributed by atoms with E-state index in [1.54, 1.807) is 23.5 Å². The minimum absolute atomic E-state index is 0.0277. The van der Waals surface area contributed by atoms with E-state index in [4.69, 9.17) is 16.1 Å². The first-order valence-electron chi connectivity index (χ1n) is 8.84. The summed E-state index contributed by atoms with van der Waals surface area (Å²) in [4.78, 5) is 20.1. The number of nitrogens with zero attached hydrogens (tertiary/aromatic N) is 3. The van der Waals surface area contributed by atoms with E-state index in [2.05, 4.69) is 15.5 Å². The van der Waals surface area contributed by atoms with Crippen molar-refractivity contribution in [3.05, 3.63) is 51.7 Å². The van der Waals surface area contributed by atoms with Gasteiger partial charge in [-0.05, 0) is 48.6 Å². The zero-order valence-electron chi connectivity index (χ0n) is 14.6. The lowest BCUT2D eigenvalue weighted by molar-refractivity contribution is -0.125. The number of benzene rings is 1. The van der Waals surface area contributed by atoms with Gasteiger partial charge in [0.25, 0.3) is 0 Å². The Balaban J connectivity index is 1.31. The van der Waals surface area contributed by atoms with E-state index >= 15 is 0 Å². The van der Waals surface area contributed by atoms with Crippen molar-refractivity contribution < 1.29 is 9.32 Å². The number of thiophene rings is 1. The van der Waals surface area contributed by atoms with E-state index in [9.17, 15) is 4.79 Å². The largest absolute Gasteiger partial charge is 0.351 e. The Hall–Kier alpha value is -2.38. The van der Waals surface area contributed by atoms with Crippen molar-refractivity contribution in [3.63, 3.8) is 0 Å². The number of hydrogen-bond acceptors (Lipinski definition) is 6. The van der Waals surface area contributed by atoms with E-state index in [0.29, 0.717) is 23.4 Å². The zero-order chi connectivity index (χ0) is 18.6. The Morgan fingerprint density at radius 2 is 2.04 bits per heavy atom. The molecule has 0 atom stereocenters. The van der Waals surface area contributed by atoms with E-state index in [1.807, 2.05) is 34.5 Å². The lowest BCUT2D eigenvalue weighted by atomic mass is 9.96. The first-order chi connectivity index (χ1) is 13.2. The average molecular weight is 403 g/mol. The molecule has 0 radical (unpaired) electrons. The predicted octanol–water partition coefficient (Wildman–Crippen LogP) is 3.98. The number of carbonyl (C=O) groups excluding carboxylic acids is 1. The lowest BCUT2D eigenvalue weighted by Crippen LogP contribution is -2.40. The van der Waals surface area contributed by atoms with Crippen LogP contribution in [0.5, 0.6) is 0 Å². The van der Waals surface area contributed by atoms with Crippen LogP contribution in [0.4, 0.5) is 6.01 Å². The molecule has 140 valence electrons. The number of nitrogens with one attached hydrogen (secondary N) is 1. The molecule has 0 spiro atoms. The van der Waals surface area contributed by atoms with Crippen LogP contribution in [0.25, 0.3) is 11.4 Å². The first kappa shape index (κ1) is 18.0. The summed E-state index contributed by atoms with van der Waals surface area (Å²) in [6.07, 6.45) is 1.55. The molecule has 1 N–H and O–H groups in total. The maximum atomic E-state index is 12.4. The Morgan fingerprint density at radius 3 is 2.74 bits per heavy atom.